The van der Waals surface area contributed by atoms with Crippen LogP contribution in [0.25, 0.3) is 16.9 Å². The van der Waals surface area contributed by atoms with E-state index in [1.54, 1.807) is 24.3 Å². The summed E-state index contributed by atoms with van der Waals surface area (Å²) in [6, 6.07) is 17.2. The molecule has 0 saturated carbocycles. The number of halogens is 3. The lowest BCUT2D eigenvalue weighted by atomic mass is 10.1. The number of urea groups is 1. The molecule has 0 spiro atoms. The van der Waals surface area contributed by atoms with E-state index in [-0.39, 0.29) is 11.5 Å². The number of nitrogens with zero attached hydrogens (tertiary/aromatic N) is 2. The first kappa shape index (κ1) is 20.4. The maximum absolute atomic E-state index is 13.3. The molecule has 0 aliphatic heterocycles. The first-order valence-electron chi connectivity index (χ1n) is 9.14. The summed E-state index contributed by atoms with van der Waals surface area (Å²) in [5.74, 6) is -0.670. The van der Waals surface area contributed by atoms with Crippen molar-refractivity contribution in [2.45, 2.75) is 0 Å². The van der Waals surface area contributed by atoms with Crippen LogP contribution in [0.2, 0.25) is 5.02 Å². The quantitative estimate of drug-likeness (QED) is 0.381. The number of rotatable bonds is 4. The lowest BCUT2D eigenvalue weighted by molar-refractivity contribution is 0.262. The summed E-state index contributed by atoms with van der Waals surface area (Å²) in [6.45, 7) is 0. The first-order chi connectivity index (χ1) is 14.9. The average Bonchev–Trinajstić information content (AvgIpc) is 3.07. The van der Waals surface area contributed by atoms with E-state index in [2.05, 4.69) is 15.7 Å². The molecule has 4 N–H and O–H groups in total. The fraction of sp³-hybridized carbons (Fsp3) is 0. The molecule has 0 aliphatic rings. The maximum Gasteiger partial charge on any atom is 0.323 e. The first-order valence-corrected chi connectivity index (χ1v) is 9.52. The van der Waals surface area contributed by atoms with Gasteiger partial charge in [-0.05, 0) is 60.7 Å². The molecule has 9 heteroatoms. The van der Waals surface area contributed by atoms with Crippen LogP contribution in [0.3, 0.4) is 0 Å². The Labute approximate surface area is 181 Å². The highest BCUT2D eigenvalue weighted by Gasteiger charge is 2.20. The molecule has 0 saturated heterocycles. The monoisotopic (exact) mass is 439 g/mol. The summed E-state index contributed by atoms with van der Waals surface area (Å²) >= 11 is 5.98. The molecule has 0 unspecified atom stereocenters. The number of hydrogen-bond acceptors (Lipinski definition) is 3. The molecule has 0 radical (unpaired) electrons. The Kier molecular flexibility index (Phi) is 5.55. The zero-order valence-corrected chi connectivity index (χ0v) is 16.7. The molecular weight excluding hydrogens is 424 g/mol. The van der Waals surface area contributed by atoms with Gasteiger partial charge in [0.05, 0.1) is 5.69 Å². The predicted molar refractivity (Wildman–Crippen MR) is 117 cm³/mol. The van der Waals surface area contributed by atoms with Crippen LogP contribution >= 0.6 is 11.6 Å². The van der Waals surface area contributed by atoms with Crippen molar-refractivity contribution in [2.75, 3.05) is 16.4 Å². The van der Waals surface area contributed by atoms with Gasteiger partial charge in [-0.15, -0.1) is 0 Å². The van der Waals surface area contributed by atoms with Crippen molar-refractivity contribution in [2.24, 2.45) is 0 Å². The van der Waals surface area contributed by atoms with E-state index in [0.29, 0.717) is 27.7 Å². The van der Waals surface area contributed by atoms with Crippen molar-refractivity contribution in [3.05, 3.63) is 89.5 Å². The van der Waals surface area contributed by atoms with Crippen LogP contribution in [0.4, 0.5) is 30.8 Å². The van der Waals surface area contributed by atoms with E-state index >= 15 is 0 Å². The van der Waals surface area contributed by atoms with Gasteiger partial charge in [-0.2, -0.15) is 5.10 Å². The number of carbonyl (C=O) groups is 1. The number of nitrogens with two attached hydrogens (primary N) is 1. The van der Waals surface area contributed by atoms with Crippen molar-refractivity contribution in [1.29, 1.82) is 0 Å². The SMILES string of the molecule is Nc1c(NC(=O)Nc2ccc(F)cc2)c(-c2ccc(Cl)cc2)nn1-c1ccc(F)cc1. The van der Waals surface area contributed by atoms with Crippen molar-refractivity contribution >= 4 is 34.8 Å². The summed E-state index contributed by atoms with van der Waals surface area (Å²) in [6.07, 6.45) is 0. The lowest BCUT2D eigenvalue weighted by Crippen LogP contribution is -2.20. The van der Waals surface area contributed by atoms with Gasteiger partial charge in [-0.25, -0.2) is 18.3 Å². The van der Waals surface area contributed by atoms with Crippen molar-refractivity contribution in [3.63, 3.8) is 0 Å². The van der Waals surface area contributed by atoms with Gasteiger partial charge in [0.15, 0.2) is 5.82 Å². The van der Waals surface area contributed by atoms with Gasteiger partial charge in [0.1, 0.15) is 23.0 Å². The van der Waals surface area contributed by atoms with Crippen molar-refractivity contribution < 1.29 is 13.6 Å². The number of nitrogens with one attached hydrogen (secondary N) is 2. The molecular formula is C22H16ClF2N5O. The van der Waals surface area contributed by atoms with Crippen LogP contribution < -0.4 is 16.4 Å². The lowest BCUT2D eigenvalue weighted by Gasteiger charge is -2.09. The van der Waals surface area contributed by atoms with E-state index in [0.717, 1.165) is 0 Å². The fourth-order valence-corrected chi connectivity index (χ4v) is 3.08. The summed E-state index contributed by atoms with van der Waals surface area (Å²) in [4.78, 5) is 12.6. The summed E-state index contributed by atoms with van der Waals surface area (Å²) in [5.41, 5.74) is 8.52. The van der Waals surface area contributed by atoms with E-state index in [4.69, 9.17) is 17.3 Å². The van der Waals surface area contributed by atoms with Gasteiger partial charge >= 0.3 is 6.03 Å². The van der Waals surface area contributed by atoms with Crippen LogP contribution in [-0.4, -0.2) is 15.8 Å². The standard InChI is InChI=1S/C22H16ClF2N5O/c23-14-3-1-13(2-4-14)19-20(28-22(31)27-17-9-5-15(24)6-10-17)21(26)30(29-19)18-11-7-16(25)8-12-18/h1-12H,26H2,(H2,27,28,31). The summed E-state index contributed by atoms with van der Waals surface area (Å²) in [5, 5.41) is 10.4. The zero-order chi connectivity index (χ0) is 22.0. The minimum atomic E-state index is -0.591. The Hall–Kier alpha value is -3.91. The second-order valence-electron chi connectivity index (χ2n) is 6.59. The summed E-state index contributed by atoms with van der Waals surface area (Å²) in [7, 11) is 0. The van der Waals surface area contributed by atoms with Crippen LogP contribution in [0.1, 0.15) is 0 Å². The van der Waals surface area contributed by atoms with Gasteiger partial charge in [0.2, 0.25) is 0 Å². The minimum Gasteiger partial charge on any atom is -0.382 e. The smallest absolute Gasteiger partial charge is 0.323 e. The number of nitrogen functional groups attached to an aromatic ring is 1. The molecule has 31 heavy (non-hydrogen) atoms. The third kappa shape index (κ3) is 4.49. The van der Waals surface area contributed by atoms with Crippen molar-refractivity contribution in [1.82, 2.24) is 9.78 Å². The molecule has 4 aromatic rings. The number of aromatic nitrogens is 2. The normalized spacial score (nSPS) is 10.7. The Bertz CT molecular complexity index is 1220. The van der Waals surface area contributed by atoms with E-state index in [9.17, 15) is 13.6 Å². The highest BCUT2D eigenvalue weighted by Crippen LogP contribution is 2.34. The largest absolute Gasteiger partial charge is 0.382 e. The van der Waals surface area contributed by atoms with Gasteiger partial charge in [0.25, 0.3) is 0 Å². The van der Waals surface area contributed by atoms with E-state index in [1.807, 2.05) is 0 Å². The van der Waals surface area contributed by atoms with E-state index in [1.165, 1.54) is 53.2 Å². The minimum absolute atomic E-state index is 0.144. The average molecular weight is 440 g/mol. The number of hydrogen-bond donors (Lipinski definition) is 3. The van der Waals surface area contributed by atoms with Crippen LogP contribution in [-0.2, 0) is 0 Å². The molecule has 2 amide bonds. The second kappa shape index (κ2) is 8.45. The second-order valence-corrected chi connectivity index (χ2v) is 7.03. The summed E-state index contributed by atoms with van der Waals surface area (Å²) < 4.78 is 27.8. The molecule has 156 valence electrons. The Morgan fingerprint density at radius 1 is 0.871 bits per heavy atom. The highest BCUT2D eigenvalue weighted by molar-refractivity contribution is 6.30. The van der Waals surface area contributed by atoms with Crippen LogP contribution in [0.5, 0.6) is 0 Å². The molecule has 1 heterocycles. The molecule has 0 bridgehead atoms. The molecule has 0 atom stereocenters. The molecule has 1 aromatic heterocycles. The predicted octanol–water partition coefficient (Wildman–Crippen LogP) is 5.70. The molecule has 4 rings (SSSR count). The van der Waals surface area contributed by atoms with Crippen LogP contribution in [0, 0.1) is 11.6 Å². The molecule has 0 aliphatic carbocycles. The van der Waals surface area contributed by atoms with Gasteiger partial charge in [0, 0.05) is 16.3 Å². The van der Waals surface area contributed by atoms with Crippen molar-refractivity contribution in [3.8, 4) is 16.9 Å². The Morgan fingerprint density at radius 2 is 1.45 bits per heavy atom. The Morgan fingerprint density at radius 3 is 2.06 bits per heavy atom. The topological polar surface area (TPSA) is 85.0 Å². The van der Waals surface area contributed by atoms with E-state index < -0.39 is 17.7 Å². The zero-order valence-electron chi connectivity index (χ0n) is 15.9. The number of carbonyl (C=O) groups excluding carboxylic acids is 1. The molecule has 3 aromatic carbocycles. The number of anilines is 3. The Balaban J connectivity index is 1.71. The third-order valence-corrected chi connectivity index (χ3v) is 4.70. The van der Waals surface area contributed by atoms with Gasteiger partial charge in [-0.3, -0.25) is 0 Å². The molecule has 6 nitrogen and oxygen atoms in total. The van der Waals surface area contributed by atoms with Gasteiger partial charge < -0.3 is 16.4 Å². The van der Waals surface area contributed by atoms with Crippen LogP contribution in [0.15, 0.2) is 72.8 Å². The molecule has 0 fully saturated rings. The third-order valence-electron chi connectivity index (χ3n) is 4.45. The highest BCUT2D eigenvalue weighted by atomic mass is 35.5. The maximum atomic E-state index is 13.3. The van der Waals surface area contributed by atoms with Gasteiger partial charge in [-0.1, -0.05) is 23.7 Å². The number of benzene rings is 3. The fourth-order valence-electron chi connectivity index (χ4n) is 2.95. The number of amides is 2.